The first-order chi connectivity index (χ1) is 16.0. The van der Waals surface area contributed by atoms with Gasteiger partial charge in [0.05, 0.1) is 13.2 Å². The highest BCUT2D eigenvalue weighted by Crippen LogP contribution is 2.44. The molecule has 0 aromatic heterocycles. The maximum absolute atomic E-state index is 14.0. The van der Waals surface area contributed by atoms with Crippen LogP contribution in [0.15, 0.2) is 66.7 Å². The number of amides is 1. The Kier molecular flexibility index (Phi) is 6.91. The minimum absolute atomic E-state index is 0.0159. The van der Waals surface area contributed by atoms with Gasteiger partial charge in [0.25, 0.3) is 0 Å². The molecule has 0 fully saturated rings. The third kappa shape index (κ3) is 4.84. The number of halogens is 1. The lowest BCUT2D eigenvalue weighted by Crippen LogP contribution is -2.31. The average Bonchev–Trinajstić information content (AvgIpc) is 3.16. The van der Waals surface area contributed by atoms with Crippen molar-refractivity contribution in [2.24, 2.45) is 0 Å². The number of carbonyl (C=O) groups is 1. The first-order valence-corrected chi connectivity index (χ1v) is 10.8. The van der Waals surface area contributed by atoms with Crippen molar-refractivity contribution in [1.82, 2.24) is 5.32 Å². The van der Waals surface area contributed by atoms with Crippen LogP contribution < -0.4 is 10.1 Å². The molecule has 172 valence electrons. The van der Waals surface area contributed by atoms with Gasteiger partial charge in [0, 0.05) is 18.0 Å². The molecule has 1 aliphatic carbocycles. The van der Waals surface area contributed by atoms with Crippen LogP contribution in [0, 0.1) is 5.82 Å². The zero-order valence-electron chi connectivity index (χ0n) is 18.2. The van der Waals surface area contributed by atoms with E-state index in [9.17, 15) is 19.4 Å². The van der Waals surface area contributed by atoms with E-state index in [2.05, 4.69) is 17.4 Å². The minimum atomic E-state index is -1.45. The first-order valence-electron chi connectivity index (χ1n) is 10.8. The van der Waals surface area contributed by atoms with Crippen LogP contribution in [-0.2, 0) is 4.74 Å². The number of carbonyl (C=O) groups excluding carboxylic acids is 1. The third-order valence-corrected chi connectivity index (χ3v) is 5.94. The van der Waals surface area contributed by atoms with Crippen LogP contribution in [0.4, 0.5) is 9.18 Å². The molecule has 2 atom stereocenters. The van der Waals surface area contributed by atoms with Crippen LogP contribution in [0.3, 0.4) is 0 Å². The van der Waals surface area contributed by atoms with Crippen LogP contribution >= 0.6 is 0 Å². The fraction of sp³-hybridized carbons (Fsp3) is 0.269. The Morgan fingerprint density at radius 3 is 2.30 bits per heavy atom. The predicted octanol–water partition coefficient (Wildman–Crippen LogP) is 4.16. The maximum atomic E-state index is 14.0. The zero-order valence-corrected chi connectivity index (χ0v) is 18.2. The van der Waals surface area contributed by atoms with Crippen LogP contribution in [0.1, 0.15) is 35.1 Å². The molecule has 2 unspecified atom stereocenters. The second-order valence-electron chi connectivity index (χ2n) is 7.94. The van der Waals surface area contributed by atoms with Crippen molar-refractivity contribution in [1.29, 1.82) is 0 Å². The second kappa shape index (κ2) is 10.0. The number of hydrogen-bond donors (Lipinski definition) is 3. The number of aliphatic hydroxyl groups excluding tert-OH is 2. The van der Waals surface area contributed by atoms with E-state index in [0.717, 1.165) is 22.3 Å². The number of rotatable bonds is 8. The van der Waals surface area contributed by atoms with Crippen LogP contribution in [0.25, 0.3) is 11.1 Å². The topological polar surface area (TPSA) is 88.0 Å². The Hall–Kier alpha value is -3.42. The van der Waals surface area contributed by atoms with Gasteiger partial charge in [-0.1, -0.05) is 48.5 Å². The number of nitrogens with one attached hydrogen (secondary N) is 1. The maximum Gasteiger partial charge on any atom is 0.407 e. The Balaban J connectivity index is 1.29. The monoisotopic (exact) mass is 451 g/mol. The summed E-state index contributed by atoms with van der Waals surface area (Å²) in [6, 6.07) is 20.0. The summed E-state index contributed by atoms with van der Waals surface area (Å²) in [5.74, 6) is -0.326. The quantitative estimate of drug-likeness (QED) is 0.479. The van der Waals surface area contributed by atoms with E-state index in [1.165, 1.54) is 25.3 Å². The largest absolute Gasteiger partial charge is 0.497 e. The Labute approximate surface area is 191 Å². The van der Waals surface area contributed by atoms with Crippen LogP contribution in [-0.4, -0.2) is 42.7 Å². The molecular weight excluding hydrogens is 425 g/mol. The zero-order chi connectivity index (χ0) is 23.4. The molecule has 33 heavy (non-hydrogen) atoms. The number of aliphatic hydroxyl groups is 2. The van der Waals surface area contributed by atoms with Gasteiger partial charge in [-0.25, -0.2) is 9.18 Å². The third-order valence-electron chi connectivity index (χ3n) is 5.94. The van der Waals surface area contributed by atoms with Gasteiger partial charge in [-0.05, 0) is 46.9 Å². The number of ether oxygens (including phenoxy) is 2. The molecule has 7 heteroatoms. The first kappa shape index (κ1) is 22.8. The molecular formula is C26H26FNO5. The van der Waals surface area contributed by atoms with Gasteiger partial charge in [0.15, 0.2) is 0 Å². The smallest absolute Gasteiger partial charge is 0.407 e. The summed E-state index contributed by atoms with van der Waals surface area (Å²) >= 11 is 0. The van der Waals surface area contributed by atoms with Crippen molar-refractivity contribution < 1.29 is 28.9 Å². The molecule has 0 aliphatic heterocycles. The van der Waals surface area contributed by atoms with Gasteiger partial charge in [-0.3, -0.25) is 0 Å². The Morgan fingerprint density at radius 2 is 1.67 bits per heavy atom. The fourth-order valence-electron chi connectivity index (χ4n) is 4.21. The highest BCUT2D eigenvalue weighted by atomic mass is 19.1. The van der Waals surface area contributed by atoms with Crippen LogP contribution in [0.2, 0.25) is 0 Å². The lowest BCUT2D eigenvalue weighted by molar-refractivity contribution is 0.0115. The predicted molar refractivity (Wildman–Crippen MR) is 122 cm³/mol. The Morgan fingerprint density at radius 1 is 1.03 bits per heavy atom. The van der Waals surface area contributed by atoms with Crippen molar-refractivity contribution in [3.05, 3.63) is 89.2 Å². The van der Waals surface area contributed by atoms with E-state index in [1.54, 1.807) is 0 Å². The van der Waals surface area contributed by atoms with Gasteiger partial charge in [0.2, 0.25) is 0 Å². The molecule has 0 radical (unpaired) electrons. The summed E-state index contributed by atoms with van der Waals surface area (Å²) < 4.78 is 24.5. The molecule has 1 aliphatic rings. The summed E-state index contributed by atoms with van der Waals surface area (Å²) in [4.78, 5) is 12.2. The molecule has 3 N–H and O–H groups in total. The number of hydrogen-bond acceptors (Lipinski definition) is 5. The molecule has 0 spiro atoms. The molecule has 6 nitrogen and oxygen atoms in total. The lowest BCUT2D eigenvalue weighted by atomic mass is 9.98. The number of benzene rings is 3. The van der Waals surface area contributed by atoms with Crippen LogP contribution in [0.5, 0.6) is 5.75 Å². The summed E-state index contributed by atoms with van der Waals surface area (Å²) in [5.41, 5.74) is 4.45. The highest BCUT2D eigenvalue weighted by molar-refractivity contribution is 5.79. The number of methoxy groups -OCH3 is 1. The van der Waals surface area contributed by atoms with Crippen molar-refractivity contribution >= 4 is 6.09 Å². The van der Waals surface area contributed by atoms with Gasteiger partial charge in [-0.15, -0.1) is 0 Å². The van der Waals surface area contributed by atoms with E-state index in [0.29, 0.717) is 5.75 Å². The summed E-state index contributed by atoms with van der Waals surface area (Å²) in [5, 5.41) is 23.1. The van der Waals surface area contributed by atoms with Crippen molar-refractivity contribution in [3.63, 3.8) is 0 Å². The van der Waals surface area contributed by atoms with Crippen molar-refractivity contribution in [3.8, 4) is 16.9 Å². The SMILES string of the molecule is COc1ccc(F)c(C(O)C(O)CCNC(=O)OCC2c3ccccc3-c3ccccc32)c1. The molecule has 0 bridgehead atoms. The van der Waals surface area contributed by atoms with Gasteiger partial charge >= 0.3 is 6.09 Å². The van der Waals surface area contributed by atoms with E-state index in [-0.39, 0.29) is 31.1 Å². The van der Waals surface area contributed by atoms with E-state index in [4.69, 9.17) is 9.47 Å². The van der Waals surface area contributed by atoms with Crippen molar-refractivity contribution in [2.75, 3.05) is 20.3 Å². The summed E-state index contributed by atoms with van der Waals surface area (Å²) in [7, 11) is 1.43. The van der Waals surface area contributed by atoms with Crippen molar-refractivity contribution in [2.45, 2.75) is 24.5 Å². The highest BCUT2D eigenvalue weighted by Gasteiger charge is 2.29. The minimum Gasteiger partial charge on any atom is -0.497 e. The lowest BCUT2D eigenvalue weighted by Gasteiger charge is -2.19. The molecule has 3 aromatic carbocycles. The number of fused-ring (bicyclic) bond motifs is 3. The van der Waals surface area contributed by atoms with E-state index >= 15 is 0 Å². The second-order valence-corrected chi connectivity index (χ2v) is 7.94. The standard InChI is InChI=1S/C26H26FNO5/c1-32-16-10-11-23(27)21(14-16)25(30)24(29)12-13-28-26(31)33-15-22-19-8-4-2-6-17(19)18-7-3-5-9-20(18)22/h2-11,14,22,24-25,29-30H,12-13,15H2,1H3,(H,28,31). The average molecular weight is 451 g/mol. The Bertz CT molecular complexity index is 1090. The summed E-state index contributed by atoms with van der Waals surface area (Å²) in [6.07, 6.45) is -3.34. The normalized spacial score (nSPS) is 14.2. The molecule has 0 heterocycles. The molecule has 4 rings (SSSR count). The fourth-order valence-corrected chi connectivity index (χ4v) is 4.21. The van der Waals surface area contributed by atoms with Gasteiger partial charge < -0.3 is 25.0 Å². The molecule has 3 aromatic rings. The van der Waals surface area contributed by atoms with Gasteiger partial charge in [0.1, 0.15) is 24.3 Å². The molecule has 1 amide bonds. The molecule has 0 saturated heterocycles. The van der Waals surface area contributed by atoms with E-state index < -0.39 is 24.1 Å². The molecule has 0 saturated carbocycles. The summed E-state index contributed by atoms with van der Waals surface area (Å²) in [6.45, 7) is 0.237. The number of alkyl carbamates (subject to hydrolysis) is 1. The van der Waals surface area contributed by atoms with E-state index in [1.807, 2.05) is 36.4 Å². The van der Waals surface area contributed by atoms with Gasteiger partial charge in [-0.2, -0.15) is 0 Å².